The van der Waals surface area contributed by atoms with E-state index in [9.17, 15) is 18.8 Å². The number of amides is 2. The normalized spacial score (nSPS) is 15.1. The second-order valence-electron chi connectivity index (χ2n) is 12.9. The number of ether oxygens (including phenoxy) is 3. The van der Waals surface area contributed by atoms with Gasteiger partial charge in [0.15, 0.2) is 18.2 Å². The van der Waals surface area contributed by atoms with Crippen molar-refractivity contribution in [2.45, 2.75) is 71.6 Å². The Labute approximate surface area is 271 Å². The first-order chi connectivity index (χ1) is 21.5. The van der Waals surface area contributed by atoms with Crippen LogP contribution in [0.15, 0.2) is 42.5 Å². The monoisotopic (exact) mass is 653 g/mol. The summed E-state index contributed by atoms with van der Waals surface area (Å²) in [7, 11) is 0. The second kappa shape index (κ2) is 13.9. The molecule has 46 heavy (non-hydrogen) atoms. The van der Waals surface area contributed by atoms with Gasteiger partial charge in [-0.3, -0.25) is 4.79 Å². The molecule has 1 fully saturated rings. The fraction of sp³-hybridized carbons (Fsp3) is 0.412. The molecular formula is C34H37F2N3O6S. The third kappa shape index (κ3) is 9.03. The van der Waals surface area contributed by atoms with E-state index in [1.807, 2.05) is 0 Å². The Balaban J connectivity index is 1.62. The van der Waals surface area contributed by atoms with Crippen molar-refractivity contribution in [3.05, 3.63) is 70.4 Å². The molecule has 0 unspecified atom stereocenters. The van der Waals surface area contributed by atoms with E-state index in [4.69, 9.17) is 20.8 Å². The number of esters is 1. The van der Waals surface area contributed by atoms with Gasteiger partial charge in [-0.15, -0.1) is 11.3 Å². The molecule has 1 saturated heterocycles. The first-order valence-corrected chi connectivity index (χ1v) is 15.6. The first kappa shape index (κ1) is 34.4. The lowest BCUT2D eigenvalue weighted by Crippen LogP contribution is -2.50. The number of nitrogens with zero attached hydrogens (tertiary/aromatic N) is 2. The number of carbonyl (C=O) groups excluding carboxylic acids is 3. The molecule has 1 aliphatic heterocycles. The van der Waals surface area contributed by atoms with E-state index in [1.165, 1.54) is 24.3 Å². The van der Waals surface area contributed by atoms with Gasteiger partial charge >= 0.3 is 12.1 Å². The van der Waals surface area contributed by atoms with Crippen molar-refractivity contribution < 1.29 is 37.4 Å². The van der Waals surface area contributed by atoms with E-state index >= 15 is 4.39 Å². The Bertz CT molecular complexity index is 1670. The van der Waals surface area contributed by atoms with Crippen LogP contribution in [0.3, 0.4) is 0 Å². The van der Waals surface area contributed by atoms with E-state index in [1.54, 1.807) is 64.6 Å². The lowest BCUT2D eigenvalue weighted by Gasteiger charge is -2.33. The maximum absolute atomic E-state index is 15.2. The number of likely N-dealkylation sites (tertiary alicyclic amines) is 1. The summed E-state index contributed by atoms with van der Waals surface area (Å²) in [6.45, 7) is 17.9. The average Bonchev–Trinajstić information content (AvgIpc) is 3.40. The van der Waals surface area contributed by atoms with Crippen molar-refractivity contribution in [2.24, 2.45) is 0 Å². The Morgan fingerprint density at radius 2 is 1.65 bits per heavy atom. The molecule has 2 aromatic carbocycles. The smallest absolute Gasteiger partial charge is 0.407 e. The molecule has 9 nitrogen and oxygen atoms in total. The molecule has 0 radical (unpaired) electrons. The van der Waals surface area contributed by atoms with Crippen LogP contribution < -0.4 is 10.1 Å². The van der Waals surface area contributed by atoms with Gasteiger partial charge in [-0.05, 0) is 95.8 Å². The Hall–Kier alpha value is -4.50. The maximum atomic E-state index is 15.2. The molecule has 0 spiro atoms. The molecule has 12 heteroatoms. The van der Waals surface area contributed by atoms with E-state index in [2.05, 4.69) is 10.2 Å². The SMILES string of the molecule is [C-]#[N+]c1ccc(-c2cc(C(=O)N3CCC[C@@H](NC(=O)OC(C)(C)C)C3)sc2-c2ccc(OCC(=O)OC(C)(C)C)c(F)c2)cc1F. The molecule has 0 bridgehead atoms. The molecule has 0 saturated carbocycles. The summed E-state index contributed by atoms with van der Waals surface area (Å²) in [5, 5.41) is 2.84. The number of piperidine rings is 1. The van der Waals surface area contributed by atoms with Crippen LogP contribution >= 0.6 is 11.3 Å². The number of hydrogen-bond acceptors (Lipinski definition) is 7. The van der Waals surface area contributed by atoms with Gasteiger partial charge in [-0.25, -0.2) is 23.2 Å². The molecule has 1 aliphatic rings. The van der Waals surface area contributed by atoms with Crippen LogP contribution in [-0.4, -0.2) is 59.8 Å². The third-order valence-corrected chi connectivity index (χ3v) is 7.88. The summed E-state index contributed by atoms with van der Waals surface area (Å²) in [5.74, 6) is -2.56. The second-order valence-corrected chi connectivity index (χ2v) is 13.9. The lowest BCUT2D eigenvalue weighted by atomic mass is 10.0. The zero-order chi connectivity index (χ0) is 33.8. The predicted molar refractivity (Wildman–Crippen MR) is 171 cm³/mol. The van der Waals surface area contributed by atoms with Gasteiger partial charge in [0.05, 0.1) is 11.4 Å². The van der Waals surface area contributed by atoms with Crippen LogP contribution in [0.25, 0.3) is 26.4 Å². The van der Waals surface area contributed by atoms with Gasteiger partial charge in [-0.1, -0.05) is 12.1 Å². The largest absolute Gasteiger partial charge is 0.479 e. The third-order valence-electron chi connectivity index (χ3n) is 6.71. The van der Waals surface area contributed by atoms with Gasteiger partial charge in [0.2, 0.25) is 5.69 Å². The average molecular weight is 654 g/mol. The molecule has 2 heterocycles. The van der Waals surface area contributed by atoms with Gasteiger partial charge < -0.3 is 24.4 Å². The summed E-state index contributed by atoms with van der Waals surface area (Å²) in [6, 6.07) is 9.65. The molecule has 3 aromatic rings. The zero-order valence-electron chi connectivity index (χ0n) is 26.7. The predicted octanol–water partition coefficient (Wildman–Crippen LogP) is 7.76. The number of halogens is 2. The summed E-state index contributed by atoms with van der Waals surface area (Å²) < 4.78 is 45.9. The van der Waals surface area contributed by atoms with Crippen LogP contribution in [0.5, 0.6) is 5.75 Å². The first-order valence-electron chi connectivity index (χ1n) is 14.8. The fourth-order valence-corrected chi connectivity index (χ4v) is 6.01. The molecular weight excluding hydrogens is 616 g/mol. The minimum atomic E-state index is -0.741. The van der Waals surface area contributed by atoms with Gasteiger partial charge in [-0.2, -0.15) is 0 Å². The van der Waals surface area contributed by atoms with Gasteiger partial charge in [0.25, 0.3) is 5.91 Å². The highest BCUT2D eigenvalue weighted by molar-refractivity contribution is 7.18. The van der Waals surface area contributed by atoms with Crippen molar-refractivity contribution in [1.82, 2.24) is 10.2 Å². The van der Waals surface area contributed by atoms with E-state index < -0.39 is 41.5 Å². The van der Waals surface area contributed by atoms with Gasteiger partial charge in [0.1, 0.15) is 17.0 Å². The van der Waals surface area contributed by atoms with Crippen molar-refractivity contribution >= 4 is 35.0 Å². The zero-order valence-corrected chi connectivity index (χ0v) is 27.5. The Morgan fingerprint density at radius 3 is 2.28 bits per heavy atom. The highest BCUT2D eigenvalue weighted by Gasteiger charge is 2.29. The Kier molecular flexibility index (Phi) is 10.4. The number of thiophene rings is 1. The fourth-order valence-electron chi connectivity index (χ4n) is 4.87. The summed E-state index contributed by atoms with van der Waals surface area (Å²) >= 11 is 1.12. The maximum Gasteiger partial charge on any atom is 0.407 e. The minimum absolute atomic E-state index is 0.147. The number of carbonyl (C=O) groups is 3. The molecule has 1 aromatic heterocycles. The Morgan fingerprint density at radius 1 is 0.978 bits per heavy atom. The van der Waals surface area contributed by atoms with Crippen LogP contribution in [0.2, 0.25) is 0 Å². The standard InChI is InChI=1S/C34H37F2N3O6S/c1-33(2,3)44-29(40)19-43-27-13-11-21(16-25(27)36)30-23(20-10-12-26(37-7)24(35)15-20)17-28(46-30)31(41)39-14-8-9-22(18-39)38-32(42)45-34(4,5)6/h10-13,15-17,22H,8-9,14,18-19H2,1-6H3,(H,38,42)/t22-/m1/s1. The van der Waals surface area contributed by atoms with Crippen molar-refractivity contribution in [2.75, 3.05) is 19.7 Å². The lowest BCUT2D eigenvalue weighted by molar-refractivity contribution is -0.157. The molecule has 1 atom stereocenters. The van der Waals surface area contributed by atoms with E-state index in [-0.39, 0.29) is 29.9 Å². The van der Waals surface area contributed by atoms with E-state index in [0.717, 1.165) is 11.3 Å². The number of benzene rings is 2. The summed E-state index contributed by atoms with van der Waals surface area (Å²) in [4.78, 5) is 43.8. The van der Waals surface area contributed by atoms with E-state index in [0.29, 0.717) is 45.8 Å². The molecule has 1 N–H and O–H groups in total. The molecule has 244 valence electrons. The highest BCUT2D eigenvalue weighted by Crippen LogP contribution is 2.42. The van der Waals surface area contributed by atoms with Crippen LogP contribution in [0, 0.1) is 18.2 Å². The number of hydrogen-bond donors (Lipinski definition) is 1. The molecule has 4 rings (SSSR count). The van der Waals surface area contributed by atoms with Gasteiger partial charge in [0, 0.05) is 29.6 Å². The number of nitrogens with one attached hydrogen (secondary N) is 1. The topological polar surface area (TPSA) is 98.5 Å². The highest BCUT2D eigenvalue weighted by atomic mass is 32.1. The van der Waals surface area contributed by atoms with Crippen molar-refractivity contribution in [3.8, 4) is 27.3 Å². The molecule has 0 aliphatic carbocycles. The molecule has 2 amide bonds. The summed E-state index contributed by atoms with van der Waals surface area (Å²) in [5.41, 5.74) is -0.240. The number of alkyl carbamates (subject to hydrolysis) is 1. The quantitative estimate of drug-likeness (QED) is 0.207. The van der Waals surface area contributed by atoms with Crippen LogP contribution in [0.1, 0.15) is 64.1 Å². The van der Waals surface area contributed by atoms with Crippen LogP contribution in [-0.2, 0) is 14.3 Å². The van der Waals surface area contributed by atoms with Crippen molar-refractivity contribution in [3.63, 3.8) is 0 Å². The minimum Gasteiger partial charge on any atom is -0.479 e. The number of rotatable bonds is 7. The van der Waals surface area contributed by atoms with Crippen molar-refractivity contribution in [1.29, 1.82) is 0 Å². The summed E-state index contributed by atoms with van der Waals surface area (Å²) in [6.07, 6.45) is 0.785. The van der Waals surface area contributed by atoms with Crippen LogP contribution in [0.4, 0.5) is 19.3 Å².